The third kappa shape index (κ3) is 4.87. The maximum absolute atomic E-state index is 12.9. The molecule has 1 amide bonds. The van der Waals surface area contributed by atoms with E-state index in [0.29, 0.717) is 19.4 Å². The first kappa shape index (κ1) is 20.7. The van der Waals surface area contributed by atoms with E-state index in [1.807, 2.05) is 31.2 Å². The second-order valence-corrected chi connectivity index (χ2v) is 8.27. The number of ether oxygens (including phenoxy) is 2. The fourth-order valence-corrected chi connectivity index (χ4v) is 4.32. The molecule has 1 fully saturated rings. The highest BCUT2D eigenvalue weighted by Crippen LogP contribution is 2.27. The number of methoxy groups -OCH3 is 2. The predicted molar refractivity (Wildman–Crippen MR) is 109 cm³/mol. The van der Waals surface area contributed by atoms with Crippen molar-refractivity contribution in [3.8, 4) is 5.75 Å². The van der Waals surface area contributed by atoms with Crippen molar-refractivity contribution in [2.75, 3.05) is 33.9 Å². The minimum Gasteiger partial charge on any atom is -0.496 e. The van der Waals surface area contributed by atoms with Crippen LogP contribution < -0.4 is 10.1 Å². The lowest BCUT2D eigenvalue weighted by atomic mass is 9.90. The Morgan fingerprint density at radius 2 is 2.00 bits per heavy atom. The smallest absolute Gasteiger partial charge is 0.252 e. The average molecular weight is 405 g/mol. The average Bonchev–Trinajstić information content (AvgIpc) is 3.13. The van der Waals surface area contributed by atoms with Gasteiger partial charge >= 0.3 is 0 Å². The number of benzene rings is 1. The summed E-state index contributed by atoms with van der Waals surface area (Å²) in [4.78, 5) is 15.2. The Morgan fingerprint density at radius 3 is 2.64 bits per heavy atom. The molecule has 1 aliphatic heterocycles. The molecular formula is C20H28N4O3S. The summed E-state index contributed by atoms with van der Waals surface area (Å²) in [5.74, 6) is 0.815. The van der Waals surface area contributed by atoms with Gasteiger partial charge in [0.25, 0.3) is 5.91 Å². The van der Waals surface area contributed by atoms with E-state index in [-0.39, 0.29) is 5.91 Å². The molecule has 7 nitrogen and oxygen atoms in total. The Hall–Kier alpha value is -2.03. The van der Waals surface area contributed by atoms with Crippen LogP contribution in [-0.4, -0.2) is 60.5 Å². The summed E-state index contributed by atoms with van der Waals surface area (Å²) >= 11 is 1.62. The van der Waals surface area contributed by atoms with Gasteiger partial charge in [-0.15, -0.1) is 21.5 Å². The van der Waals surface area contributed by atoms with E-state index in [4.69, 9.17) is 9.47 Å². The monoisotopic (exact) mass is 404 g/mol. The highest BCUT2D eigenvalue weighted by molar-refractivity contribution is 7.11. The van der Waals surface area contributed by atoms with E-state index in [9.17, 15) is 4.79 Å². The number of likely N-dealkylation sites (tertiary alicyclic amines) is 1. The molecule has 8 heteroatoms. The standard InChI is InChI=1S/C20H28N4O3S/c1-15-22-23-18(28-15)14-24-12-9-20(27-3,10-13-24)19(25)21-11-8-16-6-4-5-7-17(16)26-2/h4-7H,8-14H2,1-3H3,(H,21,25). The van der Waals surface area contributed by atoms with Crippen molar-refractivity contribution < 1.29 is 14.3 Å². The number of carbonyl (C=O) groups is 1. The Morgan fingerprint density at radius 1 is 1.25 bits per heavy atom. The van der Waals surface area contributed by atoms with Crippen molar-refractivity contribution >= 4 is 17.2 Å². The summed E-state index contributed by atoms with van der Waals surface area (Å²) in [6.45, 7) is 4.89. The summed E-state index contributed by atoms with van der Waals surface area (Å²) in [5, 5.41) is 13.3. The number of carbonyl (C=O) groups excluding carboxylic acids is 1. The van der Waals surface area contributed by atoms with E-state index in [1.165, 1.54) is 0 Å². The summed E-state index contributed by atoms with van der Waals surface area (Å²) in [7, 11) is 3.29. The van der Waals surface area contributed by atoms with Gasteiger partial charge < -0.3 is 14.8 Å². The van der Waals surface area contributed by atoms with Gasteiger partial charge in [-0.05, 0) is 37.8 Å². The first-order chi connectivity index (χ1) is 13.6. The van der Waals surface area contributed by atoms with Gasteiger partial charge in [0.2, 0.25) is 0 Å². The Labute approximate surface area is 170 Å². The molecule has 0 saturated carbocycles. The quantitative estimate of drug-likeness (QED) is 0.727. The second-order valence-electron chi connectivity index (χ2n) is 7.01. The third-order valence-corrected chi connectivity index (χ3v) is 6.09. The first-order valence-corrected chi connectivity index (χ1v) is 10.3. The van der Waals surface area contributed by atoms with Gasteiger partial charge in [-0.1, -0.05) is 18.2 Å². The lowest BCUT2D eigenvalue weighted by Crippen LogP contribution is -2.55. The zero-order valence-corrected chi connectivity index (χ0v) is 17.6. The minimum atomic E-state index is -0.756. The zero-order chi connectivity index (χ0) is 20.0. The molecule has 1 aromatic heterocycles. The highest BCUT2D eigenvalue weighted by Gasteiger charge is 2.41. The molecule has 0 aliphatic carbocycles. The third-order valence-electron chi connectivity index (χ3n) is 5.27. The number of aromatic nitrogens is 2. The van der Waals surface area contributed by atoms with Gasteiger partial charge in [-0.25, -0.2) is 0 Å². The van der Waals surface area contributed by atoms with E-state index in [2.05, 4.69) is 20.4 Å². The molecule has 2 aromatic rings. The molecular weight excluding hydrogens is 376 g/mol. The van der Waals surface area contributed by atoms with Crippen LogP contribution in [0.25, 0.3) is 0 Å². The van der Waals surface area contributed by atoms with Crippen LogP contribution in [0.4, 0.5) is 0 Å². The lowest BCUT2D eigenvalue weighted by molar-refractivity contribution is -0.149. The van der Waals surface area contributed by atoms with Gasteiger partial charge in [-0.3, -0.25) is 9.69 Å². The van der Waals surface area contributed by atoms with Crippen LogP contribution in [0, 0.1) is 6.92 Å². The predicted octanol–water partition coefficient (Wildman–Crippen LogP) is 2.20. The number of piperidine rings is 1. The second kappa shape index (κ2) is 9.45. The van der Waals surface area contributed by atoms with Crippen LogP contribution in [0.3, 0.4) is 0 Å². The summed E-state index contributed by atoms with van der Waals surface area (Å²) in [6.07, 6.45) is 2.06. The summed E-state index contributed by atoms with van der Waals surface area (Å²) in [5.41, 5.74) is 0.327. The summed E-state index contributed by atoms with van der Waals surface area (Å²) in [6, 6.07) is 7.87. The molecule has 28 heavy (non-hydrogen) atoms. The Kier molecular flexibility index (Phi) is 6.98. The van der Waals surface area contributed by atoms with Crippen molar-refractivity contribution in [1.82, 2.24) is 20.4 Å². The van der Waals surface area contributed by atoms with Crippen LogP contribution in [0.2, 0.25) is 0 Å². The van der Waals surface area contributed by atoms with E-state index in [1.54, 1.807) is 25.6 Å². The number of nitrogens with one attached hydrogen (secondary N) is 1. The Balaban J connectivity index is 1.50. The van der Waals surface area contributed by atoms with Crippen LogP contribution in [0.15, 0.2) is 24.3 Å². The molecule has 0 spiro atoms. The molecule has 0 atom stereocenters. The van der Waals surface area contributed by atoms with Crippen molar-refractivity contribution in [1.29, 1.82) is 0 Å². The maximum Gasteiger partial charge on any atom is 0.252 e. The van der Waals surface area contributed by atoms with E-state index < -0.39 is 5.60 Å². The van der Waals surface area contributed by atoms with Crippen LogP contribution >= 0.6 is 11.3 Å². The zero-order valence-electron chi connectivity index (χ0n) is 16.7. The summed E-state index contributed by atoms with van der Waals surface area (Å²) < 4.78 is 11.1. The normalized spacial score (nSPS) is 16.7. The molecule has 1 saturated heterocycles. The van der Waals surface area contributed by atoms with Gasteiger partial charge in [0.05, 0.1) is 13.7 Å². The van der Waals surface area contributed by atoms with Crippen LogP contribution in [0.1, 0.15) is 28.4 Å². The molecule has 2 heterocycles. The number of hydrogen-bond donors (Lipinski definition) is 1. The largest absolute Gasteiger partial charge is 0.496 e. The van der Waals surface area contributed by atoms with Crippen molar-refractivity contribution in [3.63, 3.8) is 0 Å². The van der Waals surface area contributed by atoms with E-state index in [0.717, 1.165) is 47.4 Å². The molecule has 152 valence electrons. The molecule has 1 N–H and O–H groups in total. The Bertz CT molecular complexity index is 787. The fraction of sp³-hybridized carbons (Fsp3) is 0.550. The number of amides is 1. The molecule has 0 bridgehead atoms. The van der Waals surface area contributed by atoms with Crippen molar-refractivity contribution in [2.24, 2.45) is 0 Å². The maximum atomic E-state index is 12.9. The van der Waals surface area contributed by atoms with Gasteiger partial charge in [0.1, 0.15) is 21.4 Å². The minimum absolute atomic E-state index is 0.0312. The van der Waals surface area contributed by atoms with Gasteiger partial charge in [0.15, 0.2) is 0 Å². The number of rotatable bonds is 8. The number of nitrogens with zero attached hydrogens (tertiary/aromatic N) is 3. The topological polar surface area (TPSA) is 76.6 Å². The lowest BCUT2D eigenvalue weighted by Gasteiger charge is -2.39. The molecule has 3 rings (SSSR count). The number of para-hydroxylation sites is 1. The van der Waals surface area contributed by atoms with E-state index >= 15 is 0 Å². The van der Waals surface area contributed by atoms with Crippen molar-refractivity contribution in [2.45, 2.75) is 38.3 Å². The number of hydrogen-bond acceptors (Lipinski definition) is 7. The van der Waals surface area contributed by atoms with Crippen LogP contribution in [0.5, 0.6) is 5.75 Å². The molecule has 0 unspecified atom stereocenters. The number of aryl methyl sites for hydroxylation is 1. The molecule has 1 aromatic carbocycles. The van der Waals surface area contributed by atoms with Gasteiger partial charge in [0, 0.05) is 26.7 Å². The highest BCUT2D eigenvalue weighted by atomic mass is 32.1. The fourth-order valence-electron chi connectivity index (χ4n) is 3.57. The van der Waals surface area contributed by atoms with Crippen molar-refractivity contribution in [3.05, 3.63) is 39.8 Å². The first-order valence-electron chi connectivity index (χ1n) is 9.53. The molecule has 0 radical (unpaired) electrons. The van der Waals surface area contributed by atoms with Crippen LogP contribution in [-0.2, 0) is 22.5 Å². The molecule has 1 aliphatic rings. The SMILES string of the molecule is COc1ccccc1CCNC(=O)C1(OC)CCN(Cc2nnc(C)s2)CC1. The van der Waals surface area contributed by atoms with Gasteiger partial charge in [-0.2, -0.15) is 0 Å².